The summed E-state index contributed by atoms with van der Waals surface area (Å²) in [7, 11) is 0. The van der Waals surface area contributed by atoms with Gasteiger partial charge in [0, 0.05) is 12.0 Å². The first-order chi connectivity index (χ1) is 15.0. The van der Waals surface area contributed by atoms with Crippen molar-refractivity contribution in [2.24, 2.45) is 5.92 Å². The number of hydrogen-bond acceptors (Lipinski definition) is 5. The number of aromatic nitrogens is 1. The lowest BCUT2D eigenvalue weighted by Gasteiger charge is -2.15. The van der Waals surface area contributed by atoms with Gasteiger partial charge < -0.3 is 19.8 Å². The van der Waals surface area contributed by atoms with Gasteiger partial charge in [0.2, 0.25) is 5.88 Å². The van der Waals surface area contributed by atoms with E-state index in [0.717, 1.165) is 23.5 Å². The van der Waals surface area contributed by atoms with Crippen LogP contribution in [0.2, 0.25) is 5.02 Å². The van der Waals surface area contributed by atoms with E-state index in [2.05, 4.69) is 30.7 Å². The topological polar surface area (TPSA) is 78.4 Å². The average Bonchev–Trinajstić information content (AvgIpc) is 3.13. The number of carbonyl (C=O) groups is 1. The predicted molar refractivity (Wildman–Crippen MR) is 122 cm³/mol. The molecule has 5 nitrogen and oxygen atoms in total. The van der Waals surface area contributed by atoms with Gasteiger partial charge in [0.25, 0.3) is 0 Å². The van der Waals surface area contributed by atoms with Crippen molar-refractivity contribution in [3.05, 3.63) is 40.5 Å². The summed E-state index contributed by atoms with van der Waals surface area (Å²) in [6, 6.07) is 5.96. The number of nitrogens with zero attached hydrogens (tertiary/aromatic N) is 1. The first-order valence-corrected chi connectivity index (χ1v) is 11.0. The van der Waals surface area contributed by atoms with Crippen LogP contribution in [0.5, 0.6) is 5.75 Å². The molecule has 1 heterocycles. The predicted octanol–water partition coefficient (Wildman–Crippen LogP) is 7.72. The second-order valence-electron chi connectivity index (χ2n) is 7.45. The van der Waals surface area contributed by atoms with Gasteiger partial charge in [-0.3, -0.25) is 0 Å². The molecule has 0 spiro atoms. The van der Waals surface area contributed by atoms with Crippen LogP contribution in [0, 0.1) is 12.8 Å². The minimum atomic E-state index is -4.70. The highest BCUT2D eigenvalue weighted by Gasteiger charge is 2.31. The van der Waals surface area contributed by atoms with Gasteiger partial charge in [0.1, 0.15) is 12.0 Å². The SMILES string of the molecule is CC=O.CCCC(CCC(C)CC)c1cc(N)on1.Cc1ccc(OC(F)(F)F)c(Cl)c1. The molecule has 0 amide bonds. The molecule has 0 bridgehead atoms. The number of rotatable bonds is 8. The van der Waals surface area contributed by atoms with E-state index in [0.29, 0.717) is 11.8 Å². The minimum Gasteiger partial charge on any atom is -0.404 e. The quantitative estimate of drug-likeness (QED) is 0.393. The fourth-order valence-electron chi connectivity index (χ4n) is 2.79. The van der Waals surface area contributed by atoms with Crippen LogP contribution in [0.1, 0.15) is 77.0 Å². The van der Waals surface area contributed by atoms with Crippen molar-refractivity contribution in [1.29, 1.82) is 0 Å². The average molecular weight is 479 g/mol. The van der Waals surface area contributed by atoms with E-state index < -0.39 is 6.36 Å². The van der Waals surface area contributed by atoms with Crippen molar-refractivity contribution in [3.63, 3.8) is 0 Å². The van der Waals surface area contributed by atoms with Gasteiger partial charge in [-0.2, -0.15) is 0 Å². The van der Waals surface area contributed by atoms with E-state index in [-0.39, 0.29) is 10.8 Å². The molecular weight excluding hydrogens is 445 g/mol. The highest BCUT2D eigenvalue weighted by atomic mass is 35.5. The van der Waals surface area contributed by atoms with Crippen molar-refractivity contribution in [1.82, 2.24) is 5.16 Å². The number of nitrogen functional groups attached to an aromatic ring is 1. The van der Waals surface area contributed by atoms with Gasteiger partial charge in [-0.05, 0) is 50.3 Å². The van der Waals surface area contributed by atoms with Crippen LogP contribution in [0.25, 0.3) is 0 Å². The molecule has 182 valence electrons. The third-order valence-electron chi connectivity index (χ3n) is 4.62. The molecule has 1 aromatic carbocycles. The van der Waals surface area contributed by atoms with Crippen LogP contribution in [-0.4, -0.2) is 17.8 Å². The Morgan fingerprint density at radius 1 is 1.22 bits per heavy atom. The number of aryl methyl sites for hydroxylation is 1. The zero-order chi connectivity index (χ0) is 24.7. The van der Waals surface area contributed by atoms with Crippen molar-refractivity contribution in [2.45, 2.75) is 79.0 Å². The molecule has 0 aliphatic carbocycles. The van der Waals surface area contributed by atoms with E-state index >= 15 is 0 Å². The zero-order valence-corrected chi connectivity index (χ0v) is 20.1. The van der Waals surface area contributed by atoms with Gasteiger partial charge in [0.15, 0.2) is 0 Å². The van der Waals surface area contributed by atoms with E-state index in [9.17, 15) is 13.2 Å². The second-order valence-corrected chi connectivity index (χ2v) is 7.86. The van der Waals surface area contributed by atoms with Crippen molar-refractivity contribution >= 4 is 23.8 Å². The smallest absolute Gasteiger partial charge is 0.404 e. The van der Waals surface area contributed by atoms with Gasteiger partial charge >= 0.3 is 6.36 Å². The number of hydrogen-bond donors (Lipinski definition) is 1. The molecule has 0 saturated carbocycles. The molecule has 0 fully saturated rings. The zero-order valence-electron chi connectivity index (χ0n) is 19.3. The first kappa shape index (κ1) is 29.8. The first-order valence-electron chi connectivity index (χ1n) is 10.6. The number of ether oxygens (including phenoxy) is 1. The second kappa shape index (κ2) is 15.6. The number of carbonyl (C=O) groups excluding carboxylic acids is 1. The van der Waals surface area contributed by atoms with E-state index in [4.69, 9.17) is 26.7 Å². The molecule has 0 aliphatic heterocycles. The summed E-state index contributed by atoms with van der Waals surface area (Å²) in [4.78, 5) is 8.81. The highest BCUT2D eigenvalue weighted by Crippen LogP contribution is 2.30. The molecule has 0 saturated heterocycles. The number of nitrogens with two attached hydrogens (primary N) is 1. The van der Waals surface area contributed by atoms with Crippen molar-refractivity contribution < 1.29 is 27.2 Å². The Balaban J connectivity index is 0.000000543. The van der Waals surface area contributed by atoms with Crippen LogP contribution in [-0.2, 0) is 4.79 Å². The lowest BCUT2D eigenvalue weighted by atomic mass is 9.90. The Labute approximate surface area is 193 Å². The normalized spacial score (nSPS) is 12.5. The number of alkyl halides is 3. The monoisotopic (exact) mass is 478 g/mol. The molecule has 2 atom stereocenters. The van der Waals surface area contributed by atoms with Crippen LogP contribution in [0.4, 0.5) is 19.1 Å². The molecule has 2 aromatic rings. The summed E-state index contributed by atoms with van der Waals surface area (Å²) >= 11 is 5.51. The molecule has 2 N–H and O–H groups in total. The van der Waals surface area contributed by atoms with Crippen molar-refractivity contribution in [3.8, 4) is 5.75 Å². The van der Waals surface area contributed by atoms with Gasteiger partial charge in [-0.25, -0.2) is 0 Å². The van der Waals surface area contributed by atoms with Crippen LogP contribution in [0.15, 0.2) is 28.8 Å². The minimum absolute atomic E-state index is 0.0441. The maximum atomic E-state index is 11.7. The van der Waals surface area contributed by atoms with Gasteiger partial charge in [-0.1, -0.05) is 62.9 Å². The van der Waals surface area contributed by atoms with E-state index in [1.165, 1.54) is 57.2 Å². The largest absolute Gasteiger partial charge is 0.573 e. The Kier molecular flexibility index (Phi) is 14.5. The lowest BCUT2D eigenvalue weighted by molar-refractivity contribution is -0.274. The number of aldehydes is 1. The van der Waals surface area contributed by atoms with Crippen molar-refractivity contribution in [2.75, 3.05) is 5.73 Å². The Bertz CT molecular complexity index is 782. The molecule has 2 rings (SSSR count). The Hall–Kier alpha value is -2.22. The summed E-state index contributed by atoms with van der Waals surface area (Å²) in [5, 5.41) is 3.99. The van der Waals surface area contributed by atoms with Crippen LogP contribution in [0.3, 0.4) is 0 Å². The summed E-state index contributed by atoms with van der Waals surface area (Å²) in [6.07, 6.45) is 2.10. The Morgan fingerprint density at radius 3 is 2.28 bits per heavy atom. The summed E-state index contributed by atoms with van der Waals surface area (Å²) in [5.74, 6) is 1.36. The van der Waals surface area contributed by atoms with Crippen LogP contribution >= 0.6 is 11.6 Å². The molecule has 32 heavy (non-hydrogen) atoms. The number of halogens is 4. The van der Waals surface area contributed by atoms with Gasteiger partial charge in [0.05, 0.1) is 10.7 Å². The van der Waals surface area contributed by atoms with E-state index in [1.54, 1.807) is 6.92 Å². The standard InChI is InChI=1S/C13H24N2O.C8H6ClF3O.C2H4O/c1-4-6-11(8-7-10(3)5-2)12-9-13(14)16-15-12;1-5-2-3-7(6(9)4-5)13-8(10,11)12;1-2-3/h9-11H,4-8,14H2,1-3H3;2-4H,1H3;2H,1H3. The summed E-state index contributed by atoms with van der Waals surface area (Å²) in [6.45, 7) is 9.93. The van der Waals surface area contributed by atoms with Gasteiger partial charge in [-0.15, -0.1) is 13.2 Å². The Morgan fingerprint density at radius 2 is 1.84 bits per heavy atom. The molecule has 0 aliphatic rings. The third kappa shape index (κ3) is 13.2. The maximum absolute atomic E-state index is 11.7. The molecular formula is C23H34ClF3N2O3. The number of anilines is 1. The summed E-state index contributed by atoms with van der Waals surface area (Å²) < 4.78 is 43.8. The van der Waals surface area contributed by atoms with E-state index in [1.807, 2.05) is 6.07 Å². The highest BCUT2D eigenvalue weighted by molar-refractivity contribution is 6.32. The molecule has 2 unspecified atom stereocenters. The number of benzene rings is 1. The maximum Gasteiger partial charge on any atom is 0.573 e. The fraction of sp³-hybridized carbons (Fsp3) is 0.565. The molecule has 9 heteroatoms. The molecule has 0 radical (unpaired) electrons. The lowest BCUT2D eigenvalue weighted by Crippen LogP contribution is -2.17. The fourth-order valence-corrected chi connectivity index (χ4v) is 3.06. The third-order valence-corrected chi connectivity index (χ3v) is 4.92. The molecule has 1 aromatic heterocycles. The summed E-state index contributed by atoms with van der Waals surface area (Å²) in [5.41, 5.74) is 7.37. The van der Waals surface area contributed by atoms with Crippen LogP contribution < -0.4 is 10.5 Å².